The molecule has 3 aromatic rings. The Morgan fingerprint density at radius 2 is 1.63 bits per heavy atom. The van der Waals surface area contributed by atoms with E-state index in [9.17, 15) is 14.9 Å². The van der Waals surface area contributed by atoms with E-state index in [1.807, 2.05) is 47.4 Å². The lowest BCUT2D eigenvalue weighted by Gasteiger charge is -2.34. The number of nitro benzene ring substituents is 1. The Balaban J connectivity index is 1.38. The van der Waals surface area contributed by atoms with Crippen LogP contribution < -0.4 is 4.74 Å². The van der Waals surface area contributed by atoms with Crippen LogP contribution in [0.3, 0.4) is 0 Å². The fourth-order valence-electron chi connectivity index (χ4n) is 4.81. The number of hydrogen-bond acceptors (Lipinski definition) is 5. The third-order valence-electron chi connectivity index (χ3n) is 6.71. The topological polar surface area (TPSA) is 75.9 Å². The van der Waals surface area contributed by atoms with Crippen LogP contribution in [0.5, 0.6) is 5.75 Å². The molecule has 0 bridgehead atoms. The molecule has 0 saturated carbocycles. The predicted octanol–water partition coefficient (Wildman–Crippen LogP) is 4.71. The van der Waals surface area contributed by atoms with Gasteiger partial charge in [0.15, 0.2) is 0 Å². The first-order valence-electron chi connectivity index (χ1n) is 11.8. The van der Waals surface area contributed by atoms with Crippen LogP contribution >= 0.6 is 0 Å². The lowest BCUT2D eigenvalue weighted by molar-refractivity contribution is -0.384. The van der Waals surface area contributed by atoms with Gasteiger partial charge in [-0.1, -0.05) is 42.5 Å². The molecule has 178 valence electrons. The van der Waals surface area contributed by atoms with Gasteiger partial charge in [-0.3, -0.25) is 19.8 Å². The van der Waals surface area contributed by atoms with Crippen LogP contribution in [0.4, 0.5) is 5.69 Å². The molecule has 5 rings (SSSR count). The van der Waals surface area contributed by atoms with E-state index in [2.05, 4.69) is 23.1 Å². The highest BCUT2D eigenvalue weighted by atomic mass is 16.6. The Kier molecular flexibility index (Phi) is 6.33. The minimum absolute atomic E-state index is 0.0804. The SMILES string of the molecule is CC(=O)N1CCN(CCOc2ccccc2C=C2c3ccccc3-c3ccc([N+](=O)[O-])cc32)CC1. The van der Waals surface area contributed by atoms with Crippen LogP contribution in [0.25, 0.3) is 22.8 Å². The first-order chi connectivity index (χ1) is 17.0. The molecule has 0 atom stereocenters. The number of carbonyl (C=O) groups is 1. The van der Waals surface area contributed by atoms with Gasteiger partial charge in [-0.2, -0.15) is 0 Å². The largest absolute Gasteiger partial charge is 0.492 e. The van der Waals surface area contributed by atoms with Gasteiger partial charge in [-0.05, 0) is 46.0 Å². The van der Waals surface area contributed by atoms with Gasteiger partial charge in [-0.15, -0.1) is 0 Å². The first-order valence-corrected chi connectivity index (χ1v) is 11.8. The van der Waals surface area contributed by atoms with E-state index in [0.29, 0.717) is 6.61 Å². The number of nitro groups is 1. The molecule has 0 N–H and O–H groups in total. The molecule has 0 unspecified atom stereocenters. The molecule has 1 amide bonds. The normalized spacial score (nSPS) is 16.1. The Hall–Kier alpha value is -3.97. The van der Waals surface area contributed by atoms with Gasteiger partial charge in [0.05, 0.1) is 4.92 Å². The number of para-hydroxylation sites is 1. The second-order valence-corrected chi connectivity index (χ2v) is 8.82. The lowest BCUT2D eigenvalue weighted by atomic mass is 10.0. The van der Waals surface area contributed by atoms with Crippen molar-refractivity contribution >= 4 is 23.2 Å². The molecule has 1 heterocycles. The first kappa shape index (κ1) is 22.8. The van der Waals surface area contributed by atoms with Gasteiger partial charge in [0.2, 0.25) is 5.91 Å². The fourth-order valence-corrected chi connectivity index (χ4v) is 4.81. The molecule has 0 radical (unpaired) electrons. The molecule has 1 saturated heterocycles. The highest BCUT2D eigenvalue weighted by molar-refractivity contribution is 6.07. The predicted molar refractivity (Wildman–Crippen MR) is 136 cm³/mol. The van der Waals surface area contributed by atoms with E-state index in [0.717, 1.165) is 71.9 Å². The smallest absolute Gasteiger partial charge is 0.270 e. The zero-order valence-corrected chi connectivity index (χ0v) is 19.6. The third-order valence-corrected chi connectivity index (χ3v) is 6.71. The quantitative estimate of drug-likeness (QED) is 0.302. The second-order valence-electron chi connectivity index (χ2n) is 8.82. The van der Waals surface area contributed by atoms with E-state index >= 15 is 0 Å². The molecule has 7 nitrogen and oxygen atoms in total. The van der Waals surface area contributed by atoms with Crippen LogP contribution in [0.15, 0.2) is 66.7 Å². The summed E-state index contributed by atoms with van der Waals surface area (Å²) in [6.45, 7) is 6.14. The van der Waals surface area contributed by atoms with Crippen molar-refractivity contribution < 1.29 is 14.5 Å². The zero-order chi connectivity index (χ0) is 24.4. The maximum atomic E-state index is 11.5. The minimum atomic E-state index is -0.353. The van der Waals surface area contributed by atoms with Gasteiger partial charge in [0, 0.05) is 57.3 Å². The average Bonchev–Trinajstić information content (AvgIpc) is 3.18. The maximum absolute atomic E-state index is 11.5. The molecular weight excluding hydrogens is 442 g/mol. The Labute approximate surface area is 204 Å². The Morgan fingerprint density at radius 3 is 2.37 bits per heavy atom. The summed E-state index contributed by atoms with van der Waals surface area (Å²) < 4.78 is 6.19. The molecular formula is C28H27N3O4. The van der Waals surface area contributed by atoms with E-state index in [1.54, 1.807) is 19.1 Å². The molecule has 1 fully saturated rings. The summed E-state index contributed by atoms with van der Waals surface area (Å²) in [7, 11) is 0. The van der Waals surface area contributed by atoms with Crippen LogP contribution in [0.2, 0.25) is 0 Å². The summed E-state index contributed by atoms with van der Waals surface area (Å²) in [4.78, 5) is 26.8. The van der Waals surface area contributed by atoms with E-state index in [-0.39, 0.29) is 16.5 Å². The summed E-state index contributed by atoms with van der Waals surface area (Å²) in [6.07, 6.45) is 2.06. The summed E-state index contributed by atoms with van der Waals surface area (Å²) >= 11 is 0. The summed E-state index contributed by atoms with van der Waals surface area (Å²) in [5, 5.41) is 11.4. The van der Waals surface area contributed by atoms with E-state index in [4.69, 9.17) is 4.74 Å². The number of ether oxygens (including phenoxy) is 1. The molecule has 0 spiro atoms. The number of piperazine rings is 1. The standard InChI is InChI=1S/C28H27N3O4/c1-20(32)30-14-12-29(13-15-30)16-17-35-28-9-5-2-6-21(28)18-26-24-8-4-3-7-23(24)25-11-10-22(31(33)34)19-27(25)26/h2-11,18-19H,12-17H2,1H3. The number of nitrogens with zero attached hydrogens (tertiary/aromatic N) is 3. The fraction of sp³-hybridized carbons (Fsp3) is 0.250. The van der Waals surface area contributed by atoms with Crippen molar-refractivity contribution in [1.29, 1.82) is 0 Å². The van der Waals surface area contributed by atoms with Gasteiger partial charge >= 0.3 is 0 Å². The molecule has 35 heavy (non-hydrogen) atoms. The third kappa shape index (κ3) is 4.68. The van der Waals surface area contributed by atoms with Crippen molar-refractivity contribution in [2.45, 2.75) is 6.92 Å². The van der Waals surface area contributed by atoms with Crippen molar-refractivity contribution in [3.63, 3.8) is 0 Å². The minimum Gasteiger partial charge on any atom is -0.492 e. The number of benzene rings is 3. The van der Waals surface area contributed by atoms with Gasteiger partial charge in [0.1, 0.15) is 12.4 Å². The molecule has 3 aromatic carbocycles. The van der Waals surface area contributed by atoms with Crippen LogP contribution in [-0.4, -0.2) is 60.0 Å². The maximum Gasteiger partial charge on any atom is 0.270 e. The van der Waals surface area contributed by atoms with Crippen molar-refractivity contribution in [3.8, 4) is 16.9 Å². The molecule has 7 heteroatoms. The summed E-state index contributed by atoms with van der Waals surface area (Å²) in [5.41, 5.74) is 5.96. The molecule has 1 aliphatic carbocycles. The number of non-ortho nitro benzene ring substituents is 1. The van der Waals surface area contributed by atoms with Gasteiger partial charge in [0.25, 0.3) is 5.69 Å². The van der Waals surface area contributed by atoms with E-state index in [1.165, 1.54) is 0 Å². The highest BCUT2D eigenvalue weighted by Gasteiger charge is 2.25. The summed E-state index contributed by atoms with van der Waals surface area (Å²) in [6, 6.07) is 21.0. The zero-order valence-electron chi connectivity index (χ0n) is 19.6. The molecule has 2 aliphatic rings. The monoisotopic (exact) mass is 469 g/mol. The van der Waals surface area contributed by atoms with Crippen molar-refractivity contribution in [3.05, 3.63) is 93.5 Å². The van der Waals surface area contributed by atoms with Crippen LogP contribution in [0.1, 0.15) is 23.6 Å². The number of fused-ring (bicyclic) bond motifs is 3. The Morgan fingerprint density at radius 1 is 0.943 bits per heavy atom. The molecule has 0 aromatic heterocycles. The number of hydrogen-bond donors (Lipinski definition) is 0. The van der Waals surface area contributed by atoms with E-state index < -0.39 is 0 Å². The van der Waals surface area contributed by atoms with Crippen molar-refractivity contribution in [2.75, 3.05) is 39.3 Å². The van der Waals surface area contributed by atoms with Crippen LogP contribution in [0, 0.1) is 10.1 Å². The number of rotatable bonds is 6. The lowest BCUT2D eigenvalue weighted by Crippen LogP contribution is -2.48. The molecule has 1 aliphatic heterocycles. The van der Waals surface area contributed by atoms with Crippen LogP contribution in [-0.2, 0) is 4.79 Å². The average molecular weight is 470 g/mol. The number of amides is 1. The second kappa shape index (κ2) is 9.72. The Bertz CT molecular complexity index is 1310. The highest BCUT2D eigenvalue weighted by Crippen LogP contribution is 2.46. The number of carbonyl (C=O) groups excluding carboxylic acids is 1. The van der Waals surface area contributed by atoms with Crippen molar-refractivity contribution in [1.82, 2.24) is 9.80 Å². The summed E-state index contributed by atoms with van der Waals surface area (Å²) in [5.74, 6) is 0.905. The van der Waals surface area contributed by atoms with Gasteiger partial charge in [-0.25, -0.2) is 0 Å². The van der Waals surface area contributed by atoms with Crippen molar-refractivity contribution in [2.24, 2.45) is 0 Å². The van der Waals surface area contributed by atoms with Gasteiger partial charge < -0.3 is 9.64 Å².